The highest BCUT2D eigenvalue weighted by Crippen LogP contribution is 2.12. The zero-order valence-corrected chi connectivity index (χ0v) is 12.9. The van der Waals surface area contributed by atoms with Crippen LogP contribution in [0.2, 0.25) is 0 Å². The Morgan fingerprint density at radius 3 is 2.30 bits per heavy atom. The summed E-state index contributed by atoms with van der Waals surface area (Å²) in [5.74, 6) is 0. The van der Waals surface area contributed by atoms with Crippen molar-refractivity contribution >= 4 is 23.4 Å². The van der Waals surface area contributed by atoms with Gasteiger partial charge in [0.2, 0.25) is 0 Å². The molecule has 1 aliphatic heterocycles. The van der Waals surface area contributed by atoms with Crippen molar-refractivity contribution in [3.63, 3.8) is 0 Å². The van der Waals surface area contributed by atoms with Gasteiger partial charge in [-0.3, -0.25) is 4.57 Å². The number of amides is 1. The van der Waals surface area contributed by atoms with Crippen LogP contribution in [-0.4, -0.2) is 62.3 Å². The van der Waals surface area contributed by atoms with E-state index in [1.807, 2.05) is 27.0 Å². The van der Waals surface area contributed by atoms with Gasteiger partial charge in [0.15, 0.2) is 5.11 Å². The Morgan fingerprint density at radius 1 is 1.20 bits per heavy atom. The highest BCUT2D eigenvalue weighted by Gasteiger charge is 2.26. The molecule has 0 aromatic carbocycles. The number of carbonyl (C=O) groups is 1. The number of imidazole rings is 1. The summed E-state index contributed by atoms with van der Waals surface area (Å²) in [7, 11) is 0. The maximum absolute atomic E-state index is 12.0. The molecule has 1 fully saturated rings. The number of thiocarbonyl (C=S) groups is 1. The molecule has 1 amide bonds. The van der Waals surface area contributed by atoms with Crippen molar-refractivity contribution in [3.05, 3.63) is 18.7 Å². The average Bonchev–Trinajstić information content (AvgIpc) is 2.90. The number of hydrogen-bond acceptors (Lipinski definition) is 4. The van der Waals surface area contributed by atoms with Crippen LogP contribution in [0.15, 0.2) is 18.7 Å². The van der Waals surface area contributed by atoms with Gasteiger partial charge in [0, 0.05) is 38.6 Å². The number of carbonyl (C=O) groups excluding carboxylic acids is 1. The van der Waals surface area contributed by atoms with Crippen molar-refractivity contribution in [3.8, 4) is 0 Å². The number of ether oxygens (including phenoxy) is 1. The standard InChI is InChI=1S/C13H20N4O2S/c1-13(2,3)19-12(18)16-8-6-15(7-9-16)11(20)17-5-4-14-10-17/h4-5,10H,6-9H2,1-3H3. The third kappa shape index (κ3) is 3.69. The number of hydrogen-bond donors (Lipinski definition) is 0. The van der Waals surface area contributed by atoms with E-state index in [2.05, 4.69) is 9.88 Å². The fraction of sp³-hybridized carbons (Fsp3) is 0.615. The lowest BCUT2D eigenvalue weighted by Crippen LogP contribution is -2.52. The summed E-state index contributed by atoms with van der Waals surface area (Å²) in [4.78, 5) is 19.7. The summed E-state index contributed by atoms with van der Waals surface area (Å²) in [5.41, 5.74) is -0.458. The Bertz CT molecular complexity index is 473. The Balaban J connectivity index is 1.86. The molecule has 2 heterocycles. The number of piperazine rings is 1. The molecule has 1 saturated heterocycles. The highest BCUT2D eigenvalue weighted by atomic mass is 32.1. The van der Waals surface area contributed by atoms with Crippen molar-refractivity contribution in [1.82, 2.24) is 19.4 Å². The molecule has 7 heteroatoms. The van der Waals surface area contributed by atoms with E-state index in [9.17, 15) is 4.79 Å². The fourth-order valence-electron chi connectivity index (χ4n) is 1.94. The second-order valence-corrected chi connectivity index (χ2v) is 6.07. The normalized spacial score (nSPS) is 16.1. The molecular formula is C13H20N4O2S. The van der Waals surface area contributed by atoms with Crippen molar-refractivity contribution in [2.75, 3.05) is 26.2 Å². The monoisotopic (exact) mass is 296 g/mol. The van der Waals surface area contributed by atoms with E-state index in [1.165, 1.54) is 0 Å². The van der Waals surface area contributed by atoms with Crippen LogP contribution in [0.4, 0.5) is 4.79 Å². The molecule has 1 aromatic heterocycles. The topological polar surface area (TPSA) is 50.6 Å². The van der Waals surface area contributed by atoms with Crippen LogP contribution in [0, 0.1) is 0 Å². The van der Waals surface area contributed by atoms with E-state index in [0.717, 1.165) is 0 Å². The van der Waals surface area contributed by atoms with Gasteiger partial charge >= 0.3 is 6.09 Å². The lowest BCUT2D eigenvalue weighted by atomic mass is 10.2. The molecule has 0 unspecified atom stereocenters. The molecule has 1 aromatic rings. The van der Waals surface area contributed by atoms with Crippen molar-refractivity contribution < 1.29 is 9.53 Å². The zero-order valence-electron chi connectivity index (χ0n) is 12.1. The summed E-state index contributed by atoms with van der Waals surface area (Å²) < 4.78 is 7.17. The smallest absolute Gasteiger partial charge is 0.410 e. The summed E-state index contributed by atoms with van der Waals surface area (Å²) in [6.07, 6.45) is 4.94. The minimum Gasteiger partial charge on any atom is -0.444 e. The van der Waals surface area contributed by atoms with E-state index in [-0.39, 0.29) is 6.09 Å². The van der Waals surface area contributed by atoms with Gasteiger partial charge in [-0.25, -0.2) is 9.78 Å². The summed E-state index contributed by atoms with van der Waals surface area (Å²) in [6, 6.07) is 0. The van der Waals surface area contributed by atoms with Crippen LogP contribution >= 0.6 is 12.2 Å². The maximum atomic E-state index is 12.0. The molecule has 2 rings (SSSR count). The first kappa shape index (κ1) is 14.8. The van der Waals surface area contributed by atoms with E-state index in [4.69, 9.17) is 17.0 Å². The van der Waals surface area contributed by atoms with Gasteiger partial charge in [-0.2, -0.15) is 0 Å². The summed E-state index contributed by atoms with van der Waals surface area (Å²) >= 11 is 5.40. The SMILES string of the molecule is CC(C)(C)OC(=O)N1CCN(C(=S)n2ccnc2)CC1. The van der Waals surface area contributed by atoms with Gasteiger partial charge in [0.1, 0.15) is 11.9 Å². The third-order valence-electron chi connectivity index (χ3n) is 2.93. The minimum atomic E-state index is -0.458. The third-order valence-corrected chi connectivity index (χ3v) is 3.40. The van der Waals surface area contributed by atoms with Crippen LogP contribution in [0.3, 0.4) is 0 Å². The quantitative estimate of drug-likeness (QED) is 0.680. The lowest BCUT2D eigenvalue weighted by Gasteiger charge is -2.36. The second-order valence-electron chi connectivity index (χ2n) is 5.71. The molecule has 0 radical (unpaired) electrons. The van der Waals surface area contributed by atoms with Crippen LogP contribution in [-0.2, 0) is 4.74 Å². The Kier molecular flexibility index (Phi) is 4.27. The number of rotatable bonds is 0. The van der Waals surface area contributed by atoms with E-state index < -0.39 is 5.60 Å². The molecule has 0 bridgehead atoms. The fourth-order valence-corrected chi connectivity index (χ4v) is 2.23. The van der Waals surface area contributed by atoms with Gasteiger partial charge in [0.05, 0.1) is 0 Å². The first-order valence-electron chi connectivity index (χ1n) is 6.62. The summed E-state index contributed by atoms with van der Waals surface area (Å²) in [5, 5.41) is 0.714. The Labute approximate surface area is 124 Å². The molecule has 20 heavy (non-hydrogen) atoms. The minimum absolute atomic E-state index is 0.259. The molecule has 6 nitrogen and oxygen atoms in total. The van der Waals surface area contributed by atoms with Crippen LogP contribution in [0.25, 0.3) is 0 Å². The Hall–Kier alpha value is -1.63. The molecular weight excluding hydrogens is 276 g/mol. The number of nitrogens with zero attached hydrogens (tertiary/aromatic N) is 4. The lowest BCUT2D eigenvalue weighted by molar-refractivity contribution is 0.0187. The van der Waals surface area contributed by atoms with Gasteiger partial charge in [-0.05, 0) is 33.0 Å². The Morgan fingerprint density at radius 2 is 1.80 bits per heavy atom. The van der Waals surface area contributed by atoms with Gasteiger partial charge in [-0.15, -0.1) is 0 Å². The van der Waals surface area contributed by atoms with Crippen LogP contribution < -0.4 is 0 Å². The number of aromatic nitrogens is 2. The molecule has 0 saturated carbocycles. The van der Waals surface area contributed by atoms with Crippen molar-refractivity contribution in [1.29, 1.82) is 0 Å². The zero-order chi connectivity index (χ0) is 14.8. The first-order chi connectivity index (χ1) is 9.37. The van der Waals surface area contributed by atoms with Crippen LogP contribution in [0.1, 0.15) is 20.8 Å². The first-order valence-corrected chi connectivity index (χ1v) is 7.03. The van der Waals surface area contributed by atoms with Crippen molar-refractivity contribution in [2.24, 2.45) is 0 Å². The van der Waals surface area contributed by atoms with Gasteiger partial charge in [-0.1, -0.05) is 0 Å². The summed E-state index contributed by atoms with van der Waals surface area (Å²) in [6.45, 7) is 8.25. The molecule has 110 valence electrons. The highest BCUT2D eigenvalue weighted by molar-refractivity contribution is 7.80. The average molecular weight is 296 g/mol. The maximum Gasteiger partial charge on any atom is 0.410 e. The molecule has 0 spiro atoms. The van der Waals surface area contributed by atoms with Gasteiger partial charge in [0.25, 0.3) is 0 Å². The van der Waals surface area contributed by atoms with E-state index in [1.54, 1.807) is 22.0 Å². The predicted molar refractivity (Wildman–Crippen MR) is 79.6 cm³/mol. The molecule has 0 atom stereocenters. The van der Waals surface area contributed by atoms with Gasteiger partial charge < -0.3 is 14.5 Å². The molecule has 0 N–H and O–H groups in total. The predicted octanol–water partition coefficient (Wildman–Crippen LogP) is 1.57. The van der Waals surface area contributed by atoms with Crippen LogP contribution in [0.5, 0.6) is 0 Å². The second kappa shape index (κ2) is 5.78. The van der Waals surface area contributed by atoms with E-state index in [0.29, 0.717) is 31.3 Å². The van der Waals surface area contributed by atoms with E-state index >= 15 is 0 Å². The largest absolute Gasteiger partial charge is 0.444 e. The van der Waals surface area contributed by atoms with Crippen molar-refractivity contribution in [2.45, 2.75) is 26.4 Å². The molecule has 1 aliphatic rings. The molecule has 0 aliphatic carbocycles.